The molecule has 0 aliphatic carbocycles. The van der Waals surface area contributed by atoms with Crippen LogP contribution < -0.4 is 9.47 Å². The quantitative estimate of drug-likeness (QED) is 0.780. The van der Waals surface area contributed by atoms with Gasteiger partial charge < -0.3 is 14.6 Å². The largest absolute Gasteiger partial charge is 0.497 e. The molecule has 24 heavy (non-hydrogen) atoms. The summed E-state index contributed by atoms with van der Waals surface area (Å²) in [5.74, 6) is 0.706. The first-order valence-electron chi connectivity index (χ1n) is 7.23. The van der Waals surface area contributed by atoms with E-state index in [-0.39, 0.29) is 36.4 Å². The molecule has 2 heterocycles. The SMILES string of the molecule is COc1ccc(OC)c(S(=O)(=O)N2CC(n3cc(CO)nn3)C2)c1. The normalized spacial score (nSPS) is 16.0. The molecule has 1 fully saturated rings. The van der Waals surface area contributed by atoms with Crippen LogP contribution in [0.5, 0.6) is 11.5 Å². The van der Waals surface area contributed by atoms with Crippen LogP contribution in [-0.4, -0.2) is 60.1 Å². The average Bonchev–Trinajstić information content (AvgIpc) is 3.01. The molecule has 0 unspecified atom stereocenters. The first kappa shape index (κ1) is 16.7. The molecule has 10 heteroatoms. The molecule has 130 valence electrons. The van der Waals surface area contributed by atoms with Crippen molar-refractivity contribution in [2.45, 2.75) is 17.5 Å². The number of rotatable bonds is 6. The lowest BCUT2D eigenvalue weighted by atomic mass is 10.2. The zero-order chi connectivity index (χ0) is 17.3. The Bertz CT molecular complexity index is 829. The Balaban J connectivity index is 1.80. The van der Waals surface area contributed by atoms with Gasteiger partial charge in [0.1, 0.15) is 22.1 Å². The van der Waals surface area contributed by atoms with E-state index in [1.54, 1.807) is 23.0 Å². The number of aliphatic hydroxyl groups excluding tert-OH is 1. The third kappa shape index (κ3) is 2.83. The van der Waals surface area contributed by atoms with Crippen molar-refractivity contribution in [1.82, 2.24) is 19.3 Å². The monoisotopic (exact) mass is 354 g/mol. The van der Waals surface area contributed by atoms with Crippen LogP contribution >= 0.6 is 0 Å². The van der Waals surface area contributed by atoms with Gasteiger partial charge in [-0.3, -0.25) is 0 Å². The van der Waals surface area contributed by atoms with E-state index in [4.69, 9.17) is 14.6 Å². The summed E-state index contributed by atoms with van der Waals surface area (Å²) in [5.41, 5.74) is 0.450. The van der Waals surface area contributed by atoms with Crippen LogP contribution in [0.25, 0.3) is 0 Å². The summed E-state index contributed by atoms with van der Waals surface area (Å²) in [5, 5.41) is 16.7. The Morgan fingerprint density at radius 2 is 2.04 bits per heavy atom. The van der Waals surface area contributed by atoms with Crippen molar-refractivity contribution >= 4 is 10.0 Å². The molecule has 1 saturated heterocycles. The number of nitrogens with zero attached hydrogens (tertiary/aromatic N) is 4. The fourth-order valence-corrected chi connectivity index (χ4v) is 4.15. The highest BCUT2D eigenvalue weighted by Crippen LogP contribution is 2.34. The number of methoxy groups -OCH3 is 2. The van der Waals surface area contributed by atoms with Crippen molar-refractivity contribution in [3.63, 3.8) is 0 Å². The van der Waals surface area contributed by atoms with Gasteiger partial charge in [0.15, 0.2) is 0 Å². The van der Waals surface area contributed by atoms with Crippen molar-refractivity contribution in [1.29, 1.82) is 0 Å². The van der Waals surface area contributed by atoms with E-state index in [9.17, 15) is 8.42 Å². The molecule has 1 aliphatic rings. The summed E-state index contributed by atoms with van der Waals surface area (Å²) in [4.78, 5) is 0.0671. The average molecular weight is 354 g/mol. The molecule has 1 aromatic heterocycles. The van der Waals surface area contributed by atoms with E-state index in [2.05, 4.69) is 10.3 Å². The lowest BCUT2D eigenvalue weighted by molar-refractivity contribution is 0.188. The van der Waals surface area contributed by atoms with Gasteiger partial charge in [0, 0.05) is 19.2 Å². The number of hydrogen-bond acceptors (Lipinski definition) is 7. The lowest BCUT2D eigenvalue weighted by Gasteiger charge is -2.37. The lowest BCUT2D eigenvalue weighted by Crippen LogP contribution is -2.50. The second kappa shape index (κ2) is 6.38. The third-order valence-corrected chi connectivity index (χ3v) is 5.76. The molecule has 1 aromatic carbocycles. The van der Waals surface area contributed by atoms with Gasteiger partial charge in [-0.1, -0.05) is 5.21 Å². The number of benzene rings is 1. The summed E-state index contributed by atoms with van der Waals surface area (Å²) in [6.07, 6.45) is 1.61. The van der Waals surface area contributed by atoms with Crippen LogP contribution in [0.1, 0.15) is 11.7 Å². The van der Waals surface area contributed by atoms with E-state index >= 15 is 0 Å². The predicted molar refractivity (Wildman–Crippen MR) is 83.3 cm³/mol. The maximum absolute atomic E-state index is 12.8. The van der Waals surface area contributed by atoms with E-state index < -0.39 is 10.0 Å². The maximum atomic E-state index is 12.8. The van der Waals surface area contributed by atoms with Crippen molar-refractivity contribution in [3.8, 4) is 11.5 Å². The molecule has 3 rings (SSSR count). The third-order valence-electron chi connectivity index (χ3n) is 3.91. The highest BCUT2D eigenvalue weighted by molar-refractivity contribution is 7.89. The summed E-state index contributed by atoms with van der Waals surface area (Å²) < 4.78 is 38.8. The number of hydrogen-bond donors (Lipinski definition) is 1. The molecule has 0 bridgehead atoms. The molecular formula is C14H18N4O5S. The number of ether oxygens (including phenoxy) is 2. The summed E-state index contributed by atoms with van der Waals surface area (Å²) in [7, 11) is -0.804. The minimum atomic E-state index is -3.70. The summed E-state index contributed by atoms with van der Waals surface area (Å²) in [6, 6.07) is 4.54. The Morgan fingerprint density at radius 3 is 2.62 bits per heavy atom. The van der Waals surface area contributed by atoms with Crippen molar-refractivity contribution in [2.24, 2.45) is 0 Å². The molecule has 0 atom stereocenters. The van der Waals surface area contributed by atoms with Crippen LogP contribution in [0.2, 0.25) is 0 Å². The first-order chi connectivity index (χ1) is 11.5. The molecule has 1 aliphatic heterocycles. The van der Waals surface area contributed by atoms with Gasteiger partial charge in [-0.05, 0) is 12.1 Å². The van der Waals surface area contributed by atoms with Crippen LogP contribution in [-0.2, 0) is 16.6 Å². The molecule has 0 amide bonds. The predicted octanol–water partition coefficient (Wildman–Crippen LogP) is 0.0332. The number of aliphatic hydroxyl groups is 1. The number of aromatic nitrogens is 3. The van der Waals surface area contributed by atoms with Crippen LogP contribution in [0.4, 0.5) is 0 Å². The van der Waals surface area contributed by atoms with Gasteiger partial charge in [0.25, 0.3) is 0 Å². The van der Waals surface area contributed by atoms with Gasteiger partial charge in [-0.25, -0.2) is 13.1 Å². The first-order valence-corrected chi connectivity index (χ1v) is 8.67. The highest BCUT2D eigenvalue weighted by Gasteiger charge is 2.39. The fourth-order valence-electron chi connectivity index (χ4n) is 2.47. The molecule has 9 nitrogen and oxygen atoms in total. The number of sulfonamides is 1. The second-order valence-corrected chi connectivity index (χ2v) is 7.25. The second-order valence-electron chi connectivity index (χ2n) is 5.34. The van der Waals surface area contributed by atoms with Crippen molar-refractivity contribution in [2.75, 3.05) is 27.3 Å². The Kier molecular flexibility index (Phi) is 4.43. The molecule has 0 saturated carbocycles. The Morgan fingerprint density at radius 1 is 1.29 bits per heavy atom. The topological polar surface area (TPSA) is 107 Å². The van der Waals surface area contributed by atoms with E-state index in [0.717, 1.165) is 0 Å². The zero-order valence-corrected chi connectivity index (χ0v) is 14.1. The summed E-state index contributed by atoms with van der Waals surface area (Å²) >= 11 is 0. The van der Waals surface area contributed by atoms with Gasteiger partial charge >= 0.3 is 0 Å². The van der Waals surface area contributed by atoms with Gasteiger partial charge in [-0.2, -0.15) is 4.31 Å². The van der Waals surface area contributed by atoms with Gasteiger partial charge in [-0.15, -0.1) is 5.10 Å². The fraction of sp³-hybridized carbons (Fsp3) is 0.429. The van der Waals surface area contributed by atoms with Crippen LogP contribution in [0, 0.1) is 0 Å². The molecule has 0 spiro atoms. The highest BCUT2D eigenvalue weighted by atomic mass is 32.2. The smallest absolute Gasteiger partial charge is 0.247 e. The van der Waals surface area contributed by atoms with Crippen LogP contribution in [0.3, 0.4) is 0 Å². The van der Waals surface area contributed by atoms with E-state index in [1.165, 1.54) is 24.6 Å². The maximum Gasteiger partial charge on any atom is 0.247 e. The minimum absolute atomic E-state index is 0.0671. The minimum Gasteiger partial charge on any atom is -0.497 e. The molecular weight excluding hydrogens is 336 g/mol. The molecule has 1 N–H and O–H groups in total. The van der Waals surface area contributed by atoms with Crippen LogP contribution in [0.15, 0.2) is 29.3 Å². The van der Waals surface area contributed by atoms with Gasteiger partial charge in [0.2, 0.25) is 10.0 Å². The Hall–Kier alpha value is -2.17. The summed E-state index contributed by atoms with van der Waals surface area (Å²) in [6.45, 7) is 0.351. The Labute approximate surface area is 139 Å². The van der Waals surface area contributed by atoms with Gasteiger partial charge in [0.05, 0.1) is 33.1 Å². The van der Waals surface area contributed by atoms with Crippen molar-refractivity contribution in [3.05, 3.63) is 30.1 Å². The van der Waals surface area contributed by atoms with E-state index in [1.807, 2.05) is 0 Å². The molecule has 2 aromatic rings. The zero-order valence-electron chi connectivity index (χ0n) is 13.3. The standard InChI is InChI=1S/C14H18N4O5S/c1-22-12-3-4-13(23-2)14(5-12)24(20,21)17-7-11(8-17)18-6-10(9-19)15-16-18/h3-6,11,19H,7-9H2,1-2H3. The van der Waals surface area contributed by atoms with E-state index in [0.29, 0.717) is 11.4 Å². The van der Waals surface area contributed by atoms with Crippen molar-refractivity contribution < 1.29 is 23.0 Å². The molecule has 0 radical (unpaired) electrons.